The first-order chi connectivity index (χ1) is 9.67. The van der Waals surface area contributed by atoms with Crippen molar-refractivity contribution in [2.75, 3.05) is 32.1 Å². The van der Waals surface area contributed by atoms with Gasteiger partial charge in [0, 0.05) is 32.4 Å². The lowest BCUT2D eigenvalue weighted by Gasteiger charge is -2.36. The standard InChI is InChI=1S/C16H24N2O2/c1-4-17-14-8-6-5-7-13(14)16(19)18-10-9-12(2)15(11-18)20-3/h5-8,12,15,17H,4,9-11H2,1-3H3. The molecule has 2 unspecified atom stereocenters. The zero-order valence-corrected chi connectivity index (χ0v) is 12.6. The zero-order valence-electron chi connectivity index (χ0n) is 12.6. The van der Waals surface area contributed by atoms with E-state index in [1.165, 1.54) is 0 Å². The molecule has 1 aliphatic rings. The number of nitrogens with one attached hydrogen (secondary N) is 1. The molecule has 1 heterocycles. The van der Waals surface area contributed by atoms with Crippen molar-refractivity contribution in [2.24, 2.45) is 5.92 Å². The molecule has 4 heteroatoms. The summed E-state index contributed by atoms with van der Waals surface area (Å²) in [6, 6.07) is 7.71. The monoisotopic (exact) mass is 276 g/mol. The topological polar surface area (TPSA) is 41.6 Å². The Morgan fingerprint density at radius 1 is 1.45 bits per heavy atom. The number of anilines is 1. The number of rotatable bonds is 4. The lowest BCUT2D eigenvalue weighted by molar-refractivity contribution is -0.00153. The molecule has 20 heavy (non-hydrogen) atoms. The Kier molecular flexibility index (Phi) is 5.01. The fraction of sp³-hybridized carbons (Fsp3) is 0.562. The molecular weight excluding hydrogens is 252 g/mol. The third kappa shape index (κ3) is 3.12. The smallest absolute Gasteiger partial charge is 0.256 e. The molecule has 0 aromatic heterocycles. The Hall–Kier alpha value is -1.55. The summed E-state index contributed by atoms with van der Waals surface area (Å²) in [7, 11) is 1.72. The van der Waals surface area contributed by atoms with E-state index in [0.29, 0.717) is 12.5 Å². The number of nitrogens with zero attached hydrogens (tertiary/aromatic N) is 1. The van der Waals surface area contributed by atoms with Gasteiger partial charge >= 0.3 is 0 Å². The highest BCUT2D eigenvalue weighted by Gasteiger charge is 2.29. The van der Waals surface area contributed by atoms with E-state index >= 15 is 0 Å². The highest BCUT2D eigenvalue weighted by atomic mass is 16.5. The van der Waals surface area contributed by atoms with E-state index in [4.69, 9.17) is 4.74 Å². The number of para-hydroxylation sites is 1. The van der Waals surface area contributed by atoms with Crippen molar-refractivity contribution in [3.8, 4) is 0 Å². The molecule has 1 aliphatic heterocycles. The van der Waals surface area contributed by atoms with Gasteiger partial charge in [0.05, 0.1) is 11.7 Å². The number of carbonyl (C=O) groups is 1. The van der Waals surface area contributed by atoms with Crippen molar-refractivity contribution < 1.29 is 9.53 Å². The lowest BCUT2D eigenvalue weighted by atomic mass is 9.95. The van der Waals surface area contributed by atoms with Gasteiger partial charge in [-0.3, -0.25) is 4.79 Å². The summed E-state index contributed by atoms with van der Waals surface area (Å²) in [5, 5.41) is 3.25. The highest BCUT2D eigenvalue weighted by Crippen LogP contribution is 2.23. The van der Waals surface area contributed by atoms with Crippen LogP contribution in [0.15, 0.2) is 24.3 Å². The van der Waals surface area contributed by atoms with Crippen LogP contribution in [0.1, 0.15) is 30.6 Å². The fourth-order valence-electron chi connectivity index (χ4n) is 2.71. The molecule has 1 N–H and O–H groups in total. The third-order valence-corrected chi connectivity index (χ3v) is 4.00. The van der Waals surface area contributed by atoms with Crippen LogP contribution in [0.25, 0.3) is 0 Å². The van der Waals surface area contributed by atoms with Crippen molar-refractivity contribution in [2.45, 2.75) is 26.4 Å². The van der Waals surface area contributed by atoms with Gasteiger partial charge in [0.25, 0.3) is 5.91 Å². The third-order valence-electron chi connectivity index (χ3n) is 4.00. The minimum atomic E-state index is 0.0931. The summed E-state index contributed by atoms with van der Waals surface area (Å²) in [4.78, 5) is 14.6. The van der Waals surface area contributed by atoms with Crippen LogP contribution in [0, 0.1) is 5.92 Å². The Labute approximate surface area is 121 Å². The minimum Gasteiger partial charge on any atom is -0.385 e. The molecule has 110 valence electrons. The van der Waals surface area contributed by atoms with E-state index in [-0.39, 0.29) is 12.0 Å². The first-order valence-corrected chi connectivity index (χ1v) is 7.32. The van der Waals surface area contributed by atoms with Crippen LogP contribution in [-0.2, 0) is 4.74 Å². The molecule has 2 atom stereocenters. The average molecular weight is 276 g/mol. The quantitative estimate of drug-likeness (QED) is 0.919. The Bertz CT molecular complexity index is 462. The van der Waals surface area contributed by atoms with Crippen molar-refractivity contribution >= 4 is 11.6 Å². The number of amides is 1. The van der Waals surface area contributed by atoms with Gasteiger partial charge < -0.3 is 15.0 Å². The van der Waals surface area contributed by atoms with Crippen LogP contribution in [-0.4, -0.2) is 43.7 Å². The second-order valence-corrected chi connectivity index (χ2v) is 5.37. The van der Waals surface area contributed by atoms with Gasteiger partial charge in [-0.05, 0) is 31.4 Å². The summed E-state index contributed by atoms with van der Waals surface area (Å²) in [6.45, 7) is 6.51. The summed E-state index contributed by atoms with van der Waals surface area (Å²) < 4.78 is 5.49. The first-order valence-electron chi connectivity index (χ1n) is 7.32. The van der Waals surface area contributed by atoms with Crippen LogP contribution in [0.4, 0.5) is 5.69 Å². The predicted molar refractivity (Wildman–Crippen MR) is 81.1 cm³/mol. The van der Waals surface area contributed by atoms with E-state index < -0.39 is 0 Å². The molecule has 0 aliphatic carbocycles. The van der Waals surface area contributed by atoms with E-state index in [0.717, 1.165) is 30.8 Å². The van der Waals surface area contributed by atoms with Crippen molar-refractivity contribution in [1.82, 2.24) is 4.90 Å². The van der Waals surface area contributed by atoms with Gasteiger partial charge in [0.1, 0.15) is 0 Å². The van der Waals surface area contributed by atoms with Crippen molar-refractivity contribution in [3.63, 3.8) is 0 Å². The second kappa shape index (κ2) is 6.75. The average Bonchev–Trinajstić information content (AvgIpc) is 2.48. The SMILES string of the molecule is CCNc1ccccc1C(=O)N1CCC(C)C(OC)C1. The zero-order chi connectivity index (χ0) is 14.5. The van der Waals surface area contributed by atoms with Crippen molar-refractivity contribution in [1.29, 1.82) is 0 Å². The molecule has 4 nitrogen and oxygen atoms in total. The Balaban J connectivity index is 2.15. The maximum Gasteiger partial charge on any atom is 0.256 e. The van der Waals surface area contributed by atoms with Crippen LogP contribution in [0.5, 0.6) is 0 Å². The number of ether oxygens (including phenoxy) is 1. The second-order valence-electron chi connectivity index (χ2n) is 5.37. The highest BCUT2D eigenvalue weighted by molar-refractivity contribution is 5.99. The van der Waals surface area contributed by atoms with Gasteiger partial charge in [-0.2, -0.15) is 0 Å². The molecule has 0 bridgehead atoms. The van der Waals surface area contributed by atoms with Crippen LogP contribution < -0.4 is 5.32 Å². The number of likely N-dealkylation sites (tertiary alicyclic amines) is 1. The number of hydrogen-bond donors (Lipinski definition) is 1. The molecule has 2 rings (SSSR count). The number of carbonyl (C=O) groups excluding carboxylic acids is 1. The van der Waals surface area contributed by atoms with Gasteiger partial charge in [0.2, 0.25) is 0 Å². The molecular formula is C16H24N2O2. The number of methoxy groups -OCH3 is 1. The van der Waals surface area contributed by atoms with Crippen LogP contribution >= 0.6 is 0 Å². The van der Waals surface area contributed by atoms with Gasteiger partial charge in [-0.1, -0.05) is 19.1 Å². The molecule has 0 saturated carbocycles. The van der Waals surface area contributed by atoms with Crippen LogP contribution in [0.2, 0.25) is 0 Å². The van der Waals surface area contributed by atoms with Gasteiger partial charge in [-0.15, -0.1) is 0 Å². The minimum absolute atomic E-state index is 0.0931. The molecule has 1 fully saturated rings. The van der Waals surface area contributed by atoms with E-state index in [2.05, 4.69) is 12.2 Å². The number of piperidine rings is 1. The summed E-state index contributed by atoms with van der Waals surface area (Å²) in [5.41, 5.74) is 1.66. The number of hydrogen-bond acceptors (Lipinski definition) is 3. The van der Waals surface area contributed by atoms with E-state index in [1.807, 2.05) is 36.1 Å². The van der Waals surface area contributed by atoms with E-state index in [9.17, 15) is 4.79 Å². The lowest BCUT2D eigenvalue weighted by Crippen LogP contribution is -2.46. The number of benzene rings is 1. The van der Waals surface area contributed by atoms with E-state index in [1.54, 1.807) is 7.11 Å². The molecule has 1 aromatic carbocycles. The summed E-state index contributed by atoms with van der Waals surface area (Å²) in [6.07, 6.45) is 1.13. The molecule has 1 saturated heterocycles. The molecule has 0 spiro atoms. The maximum atomic E-state index is 12.7. The summed E-state index contributed by atoms with van der Waals surface area (Å²) in [5.74, 6) is 0.601. The Morgan fingerprint density at radius 3 is 2.90 bits per heavy atom. The molecule has 1 amide bonds. The maximum absolute atomic E-state index is 12.7. The largest absolute Gasteiger partial charge is 0.385 e. The first kappa shape index (κ1) is 14.9. The van der Waals surface area contributed by atoms with Crippen LogP contribution in [0.3, 0.4) is 0 Å². The molecule has 0 radical (unpaired) electrons. The normalized spacial score (nSPS) is 22.6. The molecule has 1 aromatic rings. The fourth-order valence-corrected chi connectivity index (χ4v) is 2.71. The van der Waals surface area contributed by atoms with Gasteiger partial charge in [0.15, 0.2) is 0 Å². The Morgan fingerprint density at radius 2 is 2.20 bits per heavy atom. The summed E-state index contributed by atoms with van der Waals surface area (Å²) >= 11 is 0. The van der Waals surface area contributed by atoms with Gasteiger partial charge in [-0.25, -0.2) is 0 Å². The van der Waals surface area contributed by atoms with Crippen molar-refractivity contribution in [3.05, 3.63) is 29.8 Å². The predicted octanol–water partition coefficient (Wildman–Crippen LogP) is 2.62.